The number of unbranched alkanes of at least 4 members (excludes halogenated alkanes) is 1. The normalized spacial score (nSPS) is 13.1. The highest BCUT2D eigenvalue weighted by molar-refractivity contribution is 6.12. The van der Waals surface area contributed by atoms with Crippen LogP contribution in [-0.2, 0) is 35.3 Å². The maximum atomic E-state index is 12.7. The molecular weight excluding hydrogens is 482 g/mol. The summed E-state index contributed by atoms with van der Waals surface area (Å²) in [5, 5.41) is 7.80. The Balaban J connectivity index is 1.81. The molecule has 2 rings (SSSR count). The van der Waals surface area contributed by atoms with E-state index in [9.17, 15) is 28.8 Å². The molecule has 1 aliphatic rings. The van der Waals surface area contributed by atoms with E-state index in [0.29, 0.717) is 29.7 Å². The van der Waals surface area contributed by atoms with Gasteiger partial charge in [0.25, 0.3) is 17.7 Å². The van der Waals surface area contributed by atoms with E-state index in [0.717, 1.165) is 4.90 Å². The maximum Gasteiger partial charge on any atom is 0.404 e. The standard InChI is InChI=1S/C25H31N5O7/c1-15(2)22(29-19(31)6-4-5-13-30-20(32)11-12-21(30)33)24(35)27-16(3)23(34)28-18-9-7-17(8-10-18)14-37-25(26)36/h7-12,16H,4-6,13-14H2,1-3H3,(H2,26,36)(H,27,35)(H,28,34)(H,29,31)/t16-/m0/s1. The highest BCUT2D eigenvalue weighted by Crippen LogP contribution is 2.12. The predicted octanol–water partition coefficient (Wildman–Crippen LogP) is 1.23. The molecule has 1 atom stereocenters. The van der Waals surface area contributed by atoms with Gasteiger partial charge in [-0.2, -0.15) is 0 Å². The number of hydrogen-bond donors (Lipinski definition) is 4. The second-order valence-corrected chi connectivity index (χ2v) is 8.53. The maximum absolute atomic E-state index is 12.7. The van der Waals surface area contributed by atoms with Crippen LogP contribution in [0.3, 0.4) is 0 Å². The van der Waals surface area contributed by atoms with Gasteiger partial charge < -0.3 is 26.4 Å². The van der Waals surface area contributed by atoms with Gasteiger partial charge in [-0.05, 0) is 56.9 Å². The summed E-state index contributed by atoms with van der Waals surface area (Å²) in [6.45, 7) is 5.03. The van der Waals surface area contributed by atoms with Crippen molar-refractivity contribution in [2.45, 2.75) is 52.7 Å². The zero-order chi connectivity index (χ0) is 27.5. The van der Waals surface area contributed by atoms with Crippen LogP contribution in [0.5, 0.6) is 0 Å². The summed E-state index contributed by atoms with van der Waals surface area (Å²) in [7, 11) is 0. The average Bonchev–Trinajstić information content (AvgIpc) is 3.16. The number of anilines is 1. The van der Waals surface area contributed by atoms with Crippen LogP contribution >= 0.6 is 0 Å². The number of nitrogens with one attached hydrogen (secondary N) is 3. The number of benzene rings is 1. The lowest BCUT2D eigenvalue weighted by Crippen LogP contribution is -2.45. The zero-order valence-corrected chi connectivity index (χ0v) is 21.0. The number of amides is 6. The van der Waals surface area contributed by atoms with Crippen LogP contribution in [0.15, 0.2) is 47.7 Å². The number of primary amides is 1. The first-order valence-electron chi connectivity index (χ1n) is 11.6. The van der Waals surface area contributed by atoms with E-state index >= 15 is 0 Å². The molecule has 6 amide bonds. The van der Waals surface area contributed by atoms with Gasteiger partial charge in [-0.25, -0.2) is 4.79 Å². The molecule has 0 bridgehead atoms. The molecule has 0 fully saturated rings. The fraction of sp³-hybridized carbons (Fsp3) is 0.360. The lowest BCUT2D eigenvalue weighted by atomic mass is 10.2. The van der Waals surface area contributed by atoms with E-state index in [2.05, 4.69) is 16.0 Å². The summed E-state index contributed by atoms with van der Waals surface area (Å²) < 4.78 is 4.70. The number of nitrogens with two attached hydrogens (primary N) is 1. The molecule has 0 aromatic heterocycles. The molecule has 1 aromatic carbocycles. The van der Waals surface area contributed by atoms with Crippen LogP contribution in [0.1, 0.15) is 45.6 Å². The Labute approximate surface area is 214 Å². The first-order valence-corrected chi connectivity index (χ1v) is 11.6. The highest BCUT2D eigenvalue weighted by atomic mass is 16.5. The van der Waals surface area contributed by atoms with Crippen LogP contribution in [0.2, 0.25) is 0 Å². The van der Waals surface area contributed by atoms with Crippen molar-refractivity contribution in [1.82, 2.24) is 15.5 Å². The molecule has 0 spiro atoms. The molecule has 12 nitrogen and oxygen atoms in total. The van der Waals surface area contributed by atoms with Crippen LogP contribution in [0, 0.1) is 0 Å². The van der Waals surface area contributed by atoms with Crippen molar-refractivity contribution in [3.63, 3.8) is 0 Å². The smallest absolute Gasteiger partial charge is 0.404 e. The molecule has 5 N–H and O–H groups in total. The minimum atomic E-state index is -0.916. The minimum absolute atomic E-state index is 0.00247. The van der Waals surface area contributed by atoms with E-state index in [-0.39, 0.29) is 37.1 Å². The third-order valence-electron chi connectivity index (χ3n) is 5.27. The SMILES string of the molecule is CC(C)=C(NC(=O)CCCCN1C(=O)C=CC1=O)C(=O)N[C@@H](C)C(=O)Nc1ccc(COC(N)=O)cc1. The van der Waals surface area contributed by atoms with Gasteiger partial charge in [-0.3, -0.25) is 28.9 Å². The van der Waals surface area contributed by atoms with Crippen molar-refractivity contribution in [2.24, 2.45) is 5.73 Å². The molecular formula is C25H31N5O7. The summed E-state index contributed by atoms with van der Waals surface area (Å²) in [6, 6.07) is 5.60. The third kappa shape index (κ3) is 9.24. The fourth-order valence-electron chi connectivity index (χ4n) is 3.24. The third-order valence-corrected chi connectivity index (χ3v) is 5.27. The van der Waals surface area contributed by atoms with Gasteiger partial charge in [0, 0.05) is 30.8 Å². The Hall–Kier alpha value is -4.48. The van der Waals surface area contributed by atoms with Crippen LogP contribution < -0.4 is 21.7 Å². The fourth-order valence-corrected chi connectivity index (χ4v) is 3.24. The number of ether oxygens (including phenoxy) is 1. The van der Waals surface area contributed by atoms with Gasteiger partial charge >= 0.3 is 6.09 Å². The van der Waals surface area contributed by atoms with Crippen molar-refractivity contribution in [3.05, 3.63) is 53.3 Å². The van der Waals surface area contributed by atoms with Crippen LogP contribution in [-0.4, -0.2) is 53.1 Å². The van der Waals surface area contributed by atoms with Crippen molar-refractivity contribution >= 4 is 41.3 Å². The van der Waals surface area contributed by atoms with Gasteiger partial charge in [0.1, 0.15) is 18.3 Å². The Morgan fingerprint density at radius 3 is 2.19 bits per heavy atom. The summed E-state index contributed by atoms with van der Waals surface area (Å²) in [5.74, 6) is -2.24. The van der Waals surface area contributed by atoms with Gasteiger partial charge in [-0.15, -0.1) is 0 Å². The predicted molar refractivity (Wildman–Crippen MR) is 133 cm³/mol. The molecule has 12 heteroatoms. The Kier molecular flexibility index (Phi) is 10.5. The number of allylic oxidation sites excluding steroid dienone is 1. The first kappa shape index (κ1) is 28.8. The Bertz CT molecular complexity index is 1100. The molecule has 198 valence electrons. The monoisotopic (exact) mass is 513 g/mol. The topological polar surface area (TPSA) is 177 Å². The number of carbonyl (C=O) groups is 6. The Morgan fingerprint density at radius 1 is 1.00 bits per heavy atom. The summed E-state index contributed by atoms with van der Waals surface area (Å²) in [4.78, 5) is 72.5. The van der Waals surface area contributed by atoms with Gasteiger partial charge in [0.2, 0.25) is 11.8 Å². The molecule has 1 heterocycles. The molecule has 37 heavy (non-hydrogen) atoms. The second-order valence-electron chi connectivity index (χ2n) is 8.53. The van der Waals surface area contributed by atoms with Crippen LogP contribution in [0.4, 0.5) is 10.5 Å². The van der Waals surface area contributed by atoms with E-state index in [1.807, 2.05) is 0 Å². The largest absolute Gasteiger partial charge is 0.445 e. The molecule has 0 radical (unpaired) electrons. The van der Waals surface area contributed by atoms with E-state index in [1.54, 1.807) is 38.1 Å². The lowest BCUT2D eigenvalue weighted by Gasteiger charge is -2.17. The number of hydrogen-bond acceptors (Lipinski definition) is 7. The van der Waals surface area contributed by atoms with Crippen molar-refractivity contribution < 1.29 is 33.5 Å². The van der Waals surface area contributed by atoms with E-state index < -0.39 is 29.9 Å². The number of imide groups is 1. The average molecular weight is 514 g/mol. The van der Waals surface area contributed by atoms with Gasteiger partial charge in [-0.1, -0.05) is 12.1 Å². The molecule has 0 unspecified atom stereocenters. The first-order chi connectivity index (χ1) is 17.5. The minimum Gasteiger partial charge on any atom is -0.445 e. The number of nitrogens with zero attached hydrogens (tertiary/aromatic N) is 1. The molecule has 1 aromatic rings. The number of rotatable bonds is 12. The second kappa shape index (κ2) is 13.6. The van der Waals surface area contributed by atoms with Gasteiger partial charge in [0.05, 0.1) is 0 Å². The molecule has 0 saturated carbocycles. The summed E-state index contributed by atoms with van der Waals surface area (Å²) in [5.41, 5.74) is 6.66. The van der Waals surface area contributed by atoms with Crippen molar-refractivity contribution in [1.29, 1.82) is 0 Å². The van der Waals surface area contributed by atoms with Crippen molar-refractivity contribution in [2.75, 3.05) is 11.9 Å². The lowest BCUT2D eigenvalue weighted by molar-refractivity contribution is -0.136. The van der Waals surface area contributed by atoms with E-state index in [4.69, 9.17) is 10.5 Å². The van der Waals surface area contributed by atoms with Crippen molar-refractivity contribution in [3.8, 4) is 0 Å². The van der Waals surface area contributed by atoms with Crippen LogP contribution in [0.25, 0.3) is 0 Å². The number of carbonyl (C=O) groups excluding carboxylic acids is 6. The molecule has 1 aliphatic heterocycles. The summed E-state index contributed by atoms with van der Waals surface area (Å²) in [6.07, 6.45) is 2.46. The Morgan fingerprint density at radius 2 is 1.62 bits per heavy atom. The summed E-state index contributed by atoms with van der Waals surface area (Å²) >= 11 is 0. The molecule has 0 saturated heterocycles. The zero-order valence-electron chi connectivity index (χ0n) is 21.0. The van der Waals surface area contributed by atoms with E-state index in [1.165, 1.54) is 19.1 Å². The molecule has 0 aliphatic carbocycles. The highest BCUT2D eigenvalue weighted by Gasteiger charge is 2.23. The quantitative estimate of drug-likeness (QED) is 0.184. The van der Waals surface area contributed by atoms with Gasteiger partial charge in [0.15, 0.2) is 0 Å².